The maximum absolute atomic E-state index is 2.44. The van der Waals surface area contributed by atoms with Gasteiger partial charge in [0.1, 0.15) is 0 Å². The molecular formula is C32H60. The fourth-order valence-corrected chi connectivity index (χ4v) is 4.24. The van der Waals surface area contributed by atoms with Gasteiger partial charge in [0.15, 0.2) is 0 Å². The van der Waals surface area contributed by atoms with E-state index in [0.717, 1.165) is 6.42 Å². The summed E-state index contributed by atoms with van der Waals surface area (Å²) in [7, 11) is 0. The maximum atomic E-state index is 2.44. The molecule has 0 rings (SSSR count). The molecule has 0 spiro atoms. The summed E-state index contributed by atoms with van der Waals surface area (Å²) >= 11 is 0. The van der Waals surface area contributed by atoms with Crippen LogP contribution in [0.2, 0.25) is 0 Å². The second kappa shape index (κ2) is 30.2. The Morgan fingerprint density at radius 2 is 0.531 bits per heavy atom. The van der Waals surface area contributed by atoms with Crippen LogP contribution in [0.4, 0.5) is 0 Å². The van der Waals surface area contributed by atoms with Gasteiger partial charge in [0.25, 0.3) is 0 Å². The molecule has 0 bridgehead atoms. The Kier molecular flexibility index (Phi) is 29.5. The van der Waals surface area contributed by atoms with Gasteiger partial charge in [0, 0.05) is 0 Å². The molecule has 0 aliphatic rings. The summed E-state index contributed by atoms with van der Waals surface area (Å²) in [5.74, 6) is 0. The van der Waals surface area contributed by atoms with E-state index < -0.39 is 0 Å². The predicted octanol–water partition coefficient (Wildman–Crippen LogP) is 12.1. The largest absolute Gasteiger partial charge is 0.0885 e. The molecule has 0 heterocycles. The Labute approximate surface area is 204 Å². The molecule has 0 aromatic heterocycles. The third-order valence-electron chi connectivity index (χ3n) is 6.46. The van der Waals surface area contributed by atoms with Crippen LogP contribution >= 0.6 is 0 Å². The van der Waals surface area contributed by atoms with E-state index >= 15 is 0 Å². The van der Waals surface area contributed by atoms with Crippen LogP contribution in [0.1, 0.15) is 168 Å². The molecule has 0 aromatic rings. The topological polar surface area (TPSA) is 0 Å². The highest BCUT2D eigenvalue weighted by Crippen LogP contribution is 2.13. The van der Waals surface area contributed by atoms with Crippen molar-refractivity contribution < 1.29 is 0 Å². The number of hydrogen-bond acceptors (Lipinski definition) is 0. The van der Waals surface area contributed by atoms with Crippen molar-refractivity contribution in [2.75, 3.05) is 0 Å². The Bertz CT molecular complexity index is 400. The smallest absolute Gasteiger partial charge is 0.0169 e. The number of unbranched alkanes of at least 4 members (excludes halogenated alkanes) is 20. The molecule has 32 heavy (non-hydrogen) atoms. The zero-order valence-corrected chi connectivity index (χ0v) is 22.4. The average molecular weight is 445 g/mol. The van der Waals surface area contributed by atoms with Crippen LogP contribution in [-0.2, 0) is 0 Å². The zero-order valence-electron chi connectivity index (χ0n) is 22.4. The van der Waals surface area contributed by atoms with Gasteiger partial charge in [-0.1, -0.05) is 147 Å². The van der Waals surface area contributed by atoms with Gasteiger partial charge in [-0.05, 0) is 57.8 Å². The standard InChI is InChI=1S/C32H60/c1-3-5-7-9-11-13-15-17-19-21-23-25-27-29-31-32-30-28-26-24-22-20-18-16-14-12-10-8-6-4-2/h11,13,17,19,30,32H,3-10,12,14-16,18,20-29,31H2,1-2H3. The summed E-state index contributed by atoms with van der Waals surface area (Å²) in [4.78, 5) is 0. The highest BCUT2D eigenvalue weighted by Gasteiger charge is 1.93. The summed E-state index contributed by atoms with van der Waals surface area (Å²) in [5, 5.41) is 0. The summed E-state index contributed by atoms with van der Waals surface area (Å²) in [5.41, 5.74) is 0. The lowest BCUT2D eigenvalue weighted by Gasteiger charge is -2.02. The molecule has 0 aliphatic heterocycles. The monoisotopic (exact) mass is 444 g/mol. The van der Waals surface area contributed by atoms with Crippen molar-refractivity contribution in [3.05, 3.63) is 36.5 Å². The number of rotatable bonds is 26. The minimum Gasteiger partial charge on any atom is -0.0885 e. The second-order valence-electron chi connectivity index (χ2n) is 9.82. The molecule has 0 N–H and O–H groups in total. The van der Waals surface area contributed by atoms with Crippen molar-refractivity contribution in [2.24, 2.45) is 0 Å². The van der Waals surface area contributed by atoms with E-state index in [1.807, 2.05) is 0 Å². The van der Waals surface area contributed by atoms with Gasteiger partial charge in [-0.15, -0.1) is 0 Å². The van der Waals surface area contributed by atoms with Gasteiger partial charge in [0.05, 0.1) is 0 Å². The molecule has 0 saturated heterocycles. The van der Waals surface area contributed by atoms with Crippen LogP contribution in [0.15, 0.2) is 36.5 Å². The normalized spacial score (nSPS) is 12.2. The fraction of sp³-hybridized carbons (Fsp3) is 0.812. The summed E-state index contributed by atoms with van der Waals surface area (Å²) < 4.78 is 0. The van der Waals surface area contributed by atoms with E-state index in [4.69, 9.17) is 0 Å². The third kappa shape index (κ3) is 29.2. The Hall–Kier alpha value is -0.780. The molecule has 0 amide bonds. The summed E-state index contributed by atoms with van der Waals surface area (Å²) in [6.07, 6.45) is 47.4. The lowest BCUT2D eigenvalue weighted by atomic mass is 10.0. The molecule has 0 heteroatoms. The van der Waals surface area contributed by atoms with E-state index in [-0.39, 0.29) is 0 Å². The SMILES string of the molecule is CCCCCC=CCC=CCCCCCCC=CCCCCCCCCCCCCCC. The molecule has 188 valence electrons. The molecule has 0 fully saturated rings. The Balaban J connectivity index is 3.17. The van der Waals surface area contributed by atoms with E-state index in [1.165, 1.54) is 148 Å². The minimum atomic E-state index is 1.12. The lowest BCUT2D eigenvalue weighted by molar-refractivity contribution is 0.545. The summed E-state index contributed by atoms with van der Waals surface area (Å²) in [6, 6.07) is 0. The minimum absolute atomic E-state index is 1.12. The molecule has 0 atom stereocenters. The van der Waals surface area contributed by atoms with Crippen LogP contribution in [-0.4, -0.2) is 0 Å². The van der Waals surface area contributed by atoms with E-state index in [1.54, 1.807) is 0 Å². The van der Waals surface area contributed by atoms with Crippen molar-refractivity contribution in [3.63, 3.8) is 0 Å². The molecule has 0 aliphatic carbocycles. The molecule has 0 aromatic carbocycles. The van der Waals surface area contributed by atoms with Crippen molar-refractivity contribution in [1.29, 1.82) is 0 Å². The van der Waals surface area contributed by atoms with Gasteiger partial charge in [-0.25, -0.2) is 0 Å². The van der Waals surface area contributed by atoms with Gasteiger partial charge < -0.3 is 0 Å². The van der Waals surface area contributed by atoms with Crippen LogP contribution in [0, 0.1) is 0 Å². The average Bonchev–Trinajstić information content (AvgIpc) is 2.81. The molecular weight excluding hydrogens is 384 g/mol. The quantitative estimate of drug-likeness (QED) is 0.0918. The Morgan fingerprint density at radius 1 is 0.281 bits per heavy atom. The van der Waals surface area contributed by atoms with E-state index in [2.05, 4.69) is 50.3 Å². The number of hydrogen-bond donors (Lipinski definition) is 0. The van der Waals surface area contributed by atoms with Crippen molar-refractivity contribution in [2.45, 2.75) is 168 Å². The first-order valence-corrected chi connectivity index (χ1v) is 14.9. The van der Waals surface area contributed by atoms with Gasteiger partial charge in [0.2, 0.25) is 0 Å². The fourth-order valence-electron chi connectivity index (χ4n) is 4.24. The third-order valence-corrected chi connectivity index (χ3v) is 6.46. The van der Waals surface area contributed by atoms with Crippen molar-refractivity contribution >= 4 is 0 Å². The van der Waals surface area contributed by atoms with Crippen LogP contribution in [0.3, 0.4) is 0 Å². The van der Waals surface area contributed by atoms with Crippen molar-refractivity contribution in [3.8, 4) is 0 Å². The lowest BCUT2D eigenvalue weighted by Crippen LogP contribution is -1.82. The first kappa shape index (κ1) is 31.2. The molecule has 0 radical (unpaired) electrons. The van der Waals surface area contributed by atoms with Gasteiger partial charge in [-0.3, -0.25) is 0 Å². The second-order valence-corrected chi connectivity index (χ2v) is 9.82. The van der Waals surface area contributed by atoms with Crippen LogP contribution in [0.5, 0.6) is 0 Å². The Morgan fingerprint density at radius 3 is 0.906 bits per heavy atom. The van der Waals surface area contributed by atoms with Gasteiger partial charge >= 0.3 is 0 Å². The van der Waals surface area contributed by atoms with Gasteiger partial charge in [-0.2, -0.15) is 0 Å². The summed E-state index contributed by atoms with van der Waals surface area (Å²) in [6.45, 7) is 4.57. The van der Waals surface area contributed by atoms with Crippen LogP contribution in [0.25, 0.3) is 0 Å². The molecule has 0 unspecified atom stereocenters. The van der Waals surface area contributed by atoms with Crippen LogP contribution < -0.4 is 0 Å². The maximum Gasteiger partial charge on any atom is -0.0169 e. The highest BCUT2D eigenvalue weighted by atomic mass is 14.0. The predicted molar refractivity (Wildman–Crippen MR) is 150 cm³/mol. The molecule has 0 nitrogen and oxygen atoms in total. The van der Waals surface area contributed by atoms with E-state index in [9.17, 15) is 0 Å². The highest BCUT2D eigenvalue weighted by molar-refractivity contribution is 4.92. The van der Waals surface area contributed by atoms with Crippen molar-refractivity contribution in [1.82, 2.24) is 0 Å². The van der Waals surface area contributed by atoms with E-state index in [0.29, 0.717) is 0 Å². The molecule has 0 saturated carbocycles. The first-order chi connectivity index (χ1) is 15.9. The zero-order chi connectivity index (χ0) is 23.2. The number of allylic oxidation sites excluding steroid dienone is 6. The first-order valence-electron chi connectivity index (χ1n) is 14.9.